The van der Waals surface area contributed by atoms with E-state index in [0.29, 0.717) is 18.0 Å². The van der Waals surface area contributed by atoms with E-state index in [2.05, 4.69) is 10.3 Å². The van der Waals surface area contributed by atoms with Crippen molar-refractivity contribution in [3.63, 3.8) is 0 Å². The van der Waals surface area contributed by atoms with E-state index in [9.17, 15) is 4.79 Å². The molecule has 0 aliphatic carbocycles. The number of halogens is 1. The number of aromatic nitrogens is 1. The molecule has 0 atom stereocenters. The normalized spacial score (nSPS) is 9.92. The number of nitrogens with zero attached hydrogens (tertiary/aromatic N) is 2. The Morgan fingerprint density at radius 3 is 2.79 bits per heavy atom. The third kappa shape index (κ3) is 4.15. The zero-order valence-corrected chi connectivity index (χ0v) is 14.1. The van der Waals surface area contributed by atoms with Crippen molar-refractivity contribution in [1.82, 2.24) is 4.98 Å². The average Bonchev–Trinajstić information content (AvgIpc) is 2.56. The summed E-state index contributed by atoms with van der Waals surface area (Å²) in [4.78, 5) is 16.2. The molecule has 0 amide bonds. The fraction of sp³-hybridized carbons (Fsp3) is 0.235. The molecule has 0 unspecified atom stereocenters. The predicted molar refractivity (Wildman–Crippen MR) is 90.8 cm³/mol. The monoisotopic (exact) mass is 345 g/mol. The van der Waals surface area contributed by atoms with Crippen LogP contribution in [0.5, 0.6) is 5.75 Å². The quantitative estimate of drug-likeness (QED) is 0.630. The van der Waals surface area contributed by atoms with Gasteiger partial charge in [-0.1, -0.05) is 17.7 Å². The first-order valence-corrected chi connectivity index (χ1v) is 7.74. The number of pyridine rings is 1. The van der Waals surface area contributed by atoms with Gasteiger partial charge in [-0.25, -0.2) is 9.78 Å². The Hall–Kier alpha value is -2.78. The van der Waals surface area contributed by atoms with Gasteiger partial charge in [0.2, 0.25) is 0 Å². The van der Waals surface area contributed by atoms with Crippen LogP contribution in [0.4, 0.5) is 11.5 Å². The molecular formula is C17H16ClN3O3. The Morgan fingerprint density at radius 2 is 2.12 bits per heavy atom. The van der Waals surface area contributed by atoms with Crippen molar-refractivity contribution in [3.05, 3.63) is 46.6 Å². The van der Waals surface area contributed by atoms with Crippen LogP contribution in [0.2, 0.25) is 5.15 Å². The van der Waals surface area contributed by atoms with E-state index in [1.807, 2.05) is 25.1 Å². The van der Waals surface area contributed by atoms with Gasteiger partial charge in [-0.3, -0.25) is 0 Å². The number of esters is 1. The van der Waals surface area contributed by atoms with Gasteiger partial charge >= 0.3 is 5.97 Å². The van der Waals surface area contributed by atoms with Gasteiger partial charge in [0.15, 0.2) is 0 Å². The number of anilines is 2. The second kappa shape index (κ2) is 8.18. The molecule has 24 heavy (non-hydrogen) atoms. The van der Waals surface area contributed by atoms with Gasteiger partial charge in [0.05, 0.1) is 18.8 Å². The summed E-state index contributed by atoms with van der Waals surface area (Å²) >= 11 is 5.98. The Morgan fingerprint density at radius 1 is 1.33 bits per heavy atom. The van der Waals surface area contributed by atoms with Crippen molar-refractivity contribution in [2.24, 2.45) is 0 Å². The summed E-state index contributed by atoms with van der Waals surface area (Å²) in [7, 11) is 0. The lowest BCUT2D eigenvalue weighted by atomic mass is 10.2. The maximum absolute atomic E-state index is 12.1. The first-order chi connectivity index (χ1) is 11.6. The SMILES string of the molecule is CCOC(=O)c1cc(C#N)c(Cl)nc1Nc1cccc(OCC)c1. The fourth-order valence-electron chi connectivity index (χ4n) is 2.00. The molecule has 7 heteroatoms. The molecule has 2 rings (SSSR count). The Kier molecular flexibility index (Phi) is 5.99. The first-order valence-electron chi connectivity index (χ1n) is 7.36. The van der Waals surface area contributed by atoms with Crippen LogP contribution in [0.1, 0.15) is 29.8 Å². The Labute approximate surface area is 145 Å². The number of carbonyl (C=O) groups is 1. The number of nitrogens with one attached hydrogen (secondary N) is 1. The smallest absolute Gasteiger partial charge is 0.341 e. The van der Waals surface area contributed by atoms with E-state index >= 15 is 0 Å². The van der Waals surface area contributed by atoms with Crippen LogP contribution < -0.4 is 10.1 Å². The van der Waals surface area contributed by atoms with Crippen molar-refractivity contribution >= 4 is 29.1 Å². The molecule has 1 aromatic carbocycles. The number of ether oxygens (including phenoxy) is 2. The van der Waals surface area contributed by atoms with E-state index in [-0.39, 0.29) is 28.7 Å². The number of hydrogen-bond acceptors (Lipinski definition) is 6. The number of hydrogen-bond donors (Lipinski definition) is 1. The van der Waals surface area contributed by atoms with Gasteiger partial charge in [-0.15, -0.1) is 0 Å². The minimum Gasteiger partial charge on any atom is -0.494 e. The van der Waals surface area contributed by atoms with E-state index < -0.39 is 5.97 Å². The Balaban J connectivity index is 2.41. The van der Waals surface area contributed by atoms with Crippen molar-refractivity contribution in [1.29, 1.82) is 5.26 Å². The molecule has 0 spiro atoms. The summed E-state index contributed by atoms with van der Waals surface area (Å²) in [6.45, 7) is 4.34. The van der Waals surface area contributed by atoms with Gasteiger partial charge in [0.25, 0.3) is 0 Å². The summed E-state index contributed by atoms with van der Waals surface area (Å²) in [6, 6.07) is 10.5. The van der Waals surface area contributed by atoms with Crippen LogP contribution in [0, 0.1) is 11.3 Å². The van der Waals surface area contributed by atoms with E-state index in [0.717, 1.165) is 0 Å². The summed E-state index contributed by atoms with van der Waals surface area (Å²) < 4.78 is 10.5. The van der Waals surface area contributed by atoms with Gasteiger partial charge in [-0.2, -0.15) is 5.26 Å². The highest BCUT2D eigenvalue weighted by Gasteiger charge is 2.18. The van der Waals surface area contributed by atoms with Crippen LogP contribution in [-0.4, -0.2) is 24.2 Å². The molecule has 124 valence electrons. The third-order valence-corrected chi connectivity index (χ3v) is 3.29. The molecular weight excluding hydrogens is 330 g/mol. The first kappa shape index (κ1) is 17.6. The van der Waals surface area contributed by atoms with Crippen LogP contribution in [-0.2, 0) is 4.74 Å². The fourth-order valence-corrected chi connectivity index (χ4v) is 2.18. The van der Waals surface area contributed by atoms with Crippen LogP contribution in [0.3, 0.4) is 0 Å². The maximum Gasteiger partial charge on any atom is 0.341 e. The molecule has 0 bridgehead atoms. The van der Waals surface area contributed by atoms with Gasteiger partial charge in [0.1, 0.15) is 28.4 Å². The second-order valence-electron chi connectivity index (χ2n) is 4.64. The van der Waals surface area contributed by atoms with E-state index in [4.69, 9.17) is 26.3 Å². The topological polar surface area (TPSA) is 84.2 Å². The molecule has 0 saturated carbocycles. The number of benzene rings is 1. The summed E-state index contributed by atoms with van der Waals surface area (Å²) in [6.07, 6.45) is 0. The van der Waals surface area contributed by atoms with E-state index in [1.54, 1.807) is 19.1 Å². The predicted octanol–water partition coefficient (Wildman–Crippen LogP) is 3.93. The molecule has 1 heterocycles. The standard InChI is InChI=1S/C17H16ClN3O3/c1-3-23-13-7-5-6-12(9-13)20-16-14(17(22)24-4-2)8-11(10-19)15(18)21-16/h5-9H,3-4H2,1-2H3,(H,20,21). The minimum atomic E-state index is -0.582. The van der Waals surface area contributed by atoms with Crippen molar-refractivity contribution in [2.75, 3.05) is 18.5 Å². The second-order valence-corrected chi connectivity index (χ2v) is 5.00. The zero-order valence-electron chi connectivity index (χ0n) is 13.3. The highest BCUT2D eigenvalue weighted by Crippen LogP contribution is 2.26. The minimum absolute atomic E-state index is 0.00834. The largest absolute Gasteiger partial charge is 0.494 e. The van der Waals surface area contributed by atoms with Gasteiger partial charge in [-0.05, 0) is 32.0 Å². The summed E-state index contributed by atoms with van der Waals surface area (Å²) in [5.41, 5.74) is 0.910. The third-order valence-electron chi connectivity index (χ3n) is 3.00. The van der Waals surface area contributed by atoms with Crippen molar-refractivity contribution in [2.45, 2.75) is 13.8 Å². The van der Waals surface area contributed by atoms with Crippen molar-refractivity contribution < 1.29 is 14.3 Å². The zero-order chi connectivity index (χ0) is 17.5. The van der Waals surface area contributed by atoms with Crippen molar-refractivity contribution in [3.8, 4) is 11.8 Å². The molecule has 0 radical (unpaired) electrons. The molecule has 0 saturated heterocycles. The molecule has 1 N–H and O–H groups in total. The average molecular weight is 346 g/mol. The lowest BCUT2D eigenvalue weighted by Gasteiger charge is -2.12. The highest BCUT2D eigenvalue weighted by molar-refractivity contribution is 6.30. The lowest BCUT2D eigenvalue weighted by Crippen LogP contribution is -2.10. The number of carbonyl (C=O) groups excluding carboxylic acids is 1. The maximum atomic E-state index is 12.1. The highest BCUT2D eigenvalue weighted by atomic mass is 35.5. The van der Waals surface area contributed by atoms with Gasteiger partial charge in [0, 0.05) is 11.8 Å². The Bertz CT molecular complexity index is 787. The number of nitriles is 1. The van der Waals surface area contributed by atoms with Gasteiger partial charge < -0.3 is 14.8 Å². The molecule has 0 aliphatic heterocycles. The lowest BCUT2D eigenvalue weighted by molar-refractivity contribution is 0.0527. The van der Waals surface area contributed by atoms with Crippen LogP contribution in [0.15, 0.2) is 30.3 Å². The molecule has 0 fully saturated rings. The molecule has 0 aliphatic rings. The van der Waals surface area contributed by atoms with E-state index in [1.165, 1.54) is 6.07 Å². The van der Waals surface area contributed by atoms with Crippen LogP contribution >= 0.6 is 11.6 Å². The summed E-state index contributed by atoms with van der Waals surface area (Å²) in [5.74, 6) is 0.313. The molecule has 1 aromatic heterocycles. The van der Waals surface area contributed by atoms with Crippen LogP contribution in [0.25, 0.3) is 0 Å². The number of rotatable bonds is 6. The summed E-state index contributed by atoms with van der Waals surface area (Å²) in [5, 5.41) is 12.1. The molecule has 2 aromatic rings. The molecule has 6 nitrogen and oxygen atoms in total.